The summed E-state index contributed by atoms with van der Waals surface area (Å²) >= 11 is 0. The molecule has 2 aromatic carbocycles. The standard InChI is InChI=1S/C26H24FNO6/c1-15-18-11-20-21(16-6-8-17(27)9-7-16)14-33-22(20)13-23(18)34-26(32)19(15)12-24(29)28-10-4-2-3-5-25(30)31/h6-9,11,13-14H,2-5,10,12H2,1H3,(H,28,29)(H,30,31)/p-1. The SMILES string of the molecule is Cc1c(CC(=O)NCCCCCC(=O)[O-])c(=O)oc2cc3occ(-c4ccc(F)cc4)c3cc12. The Morgan fingerprint density at radius 2 is 1.79 bits per heavy atom. The minimum Gasteiger partial charge on any atom is -0.550 e. The van der Waals surface area contributed by atoms with Crippen molar-refractivity contribution in [2.24, 2.45) is 0 Å². The third kappa shape index (κ3) is 5.01. The number of carboxylic acid groups (broad SMARTS) is 1. The van der Waals surface area contributed by atoms with Crippen molar-refractivity contribution in [3.8, 4) is 11.1 Å². The number of fused-ring (bicyclic) bond motifs is 2. The topological polar surface area (TPSA) is 113 Å². The number of amides is 1. The highest BCUT2D eigenvalue weighted by atomic mass is 19.1. The van der Waals surface area contributed by atoms with Crippen LogP contribution < -0.4 is 16.0 Å². The fourth-order valence-corrected chi connectivity index (χ4v) is 3.99. The van der Waals surface area contributed by atoms with Crippen molar-refractivity contribution in [1.82, 2.24) is 5.32 Å². The quantitative estimate of drug-likeness (QED) is 0.299. The van der Waals surface area contributed by atoms with Gasteiger partial charge in [0.1, 0.15) is 17.0 Å². The highest BCUT2D eigenvalue weighted by Gasteiger charge is 2.17. The molecule has 0 saturated heterocycles. The second-order valence-electron chi connectivity index (χ2n) is 8.20. The lowest BCUT2D eigenvalue weighted by Gasteiger charge is -2.09. The lowest BCUT2D eigenvalue weighted by molar-refractivity contribution is -0.305. The third-order valence-corrected chi connectivity index (χ3v) is 5.85. The maximum absolute atomic E-state index is 13.3. The van der Waals surface area contributed by atoms with Gasteiger partial charge in [-0.1, -0.05) is 18.6 Å². The normalized spacial score (nSPS) is 11.2. The average Bonchev–Trinajstić information content (AvgIpc) is 3.21. The number of halogens is 1. The molecule has 0 unspecified atom stereocenters. The van der Waals surface area contributed by atoms with E-state index in [1.54, 1.807) is 31.4 Å². The first-order chi connectivity index (χ1) is 16.3. The summed E-state index contributed by atoms with van der Waals surface area (Å²) in [5, 5.41) is 14.6. The van der Waals surface area contributed by atoms with Crippen LogP contribution in [0.2, 0.25) is 0 Å². The minimum atomic E-state index is -1.08. The summed E-state index contributed by atoms with van der Waals surface area (Å²) in [6.45, 7) is 2.16. The van der Waals surface area contributed by atoms with Crippen molar-refractivity contribution >= 4 is 33.8 Å². The Bertz CT molecular complexity index is 1420. The molecule has 0 atom stereocenters. The van der Waals surface area contributed by atoms with Crippen molar-refractivity contribution in [3.63, 3.8) is 0 Å². The maximum atomic E-state index is 13.3. The molecule has 0 aliphatic heterocycles. The Morgan fingerprint density at radius 1 is 1.03 bits per heavy atom. The summed E-state index contributed by atoms with van der Waals surface area (Å²) in [6, 6.07) is 9.57. The molecule has 0 fully saturated rings. The molecule has 8 heteroatoms. The summed E-state index contributed by atoms with van der Waals surface area (Å²) in [4.78, 5) is 35.4. The summed E-state index contributed by atoms with van der Waals surface area (Å²) in [5.41, 5.74) is 2.77. The molecule has 0 bridgehead atoms. The second-order valence-corrected chi connectivity index (χ2v) is 8.20. The second kappa shape index (κ2) is 9.91. The summed E-state index contributed by atoms with van der Waals surface area (Å²) in [6.07, 6.45) is 3.23. The fourth-order valence-electron chi connectivity index (χ4n) is 3.99. The van der Waals surface area contributed by atoms with Crippen LogP contribution in [0.25, 0.3) is 33.1 Å². The molecule has 34 heavy (non-hydrogen) atoms. The van der Waals surface area contributed by atoms with Crippen molar-refractivity contribution in [2.45, 2.75) is 39.0 Å². The molecule has 2 aromatic heterocycles. The van der Waals surface area contributed by atoms with Gasteiger partial charge in [-0.05, 0) is 55.5 Å². The molecule has 0 aliphatic carbocycles. The zero-order chi connectivity index (χ0) is 24.2. The Hall–Kier alpha value is -3.94. The number of rotatable bonds is 9. The van der Waals surface area contributed by atoms with Crippen LogP contribution in [0, 0.1) is 12.7 Å². The van der Waals surface area contributed by atoms with Crippen LogP contribution >= 0.6 is 0 Å². The van der Waals surface area contributed by atoms with Crippen LogP contribution in [0.3, 0.4) is 0 Å². The molecule has 1 amide bonds. The molecular weight excluding hydrogens is 441 g/mol. The van der Waals surface area contributed by atoms with E-state index < -0.39 is 11.6 Å². The Kier molecular flexibility index (Phi) is 6.77. The van der Waals surface area contributed by atoms with Crippen LogP contribution in [0.5, 0.6) is 0 Å². The van der Waals surface area contributed by atoms with Gasteiger partial charge in [0.15, 0.2) is 0 Å². The molecule has 0 spiro atoms. The van der Waals surface area contributed by atoms with E-state index >= 15 is 0 Å². The first kappa shape index (κ1) is 23.2. The van der Waals surface area contributed by atoms with E-state index in [-0.39, 0.29) is 30.1 Å². The van der Waals surface area contributed by atoms with Crippen molar-refractivity contribution in [3.05, 3.63) is 70.0 Å². The summed E-state index contributed by atoms with van der Waals surface area (Å²) in [5.74, 6) is -1.73. The Morgan fingerprint density at radius 3 is 2.53 bits per heavy atom. The van der Waals surface area contributed by atoms with Gasteiger partial charge in [0, 0.05) is 34.9 Å². The number of nitrogens with one attached hydrogen (secondary N) is 1. The number of benzene rings is 2. The highest BCUT2D eigenvalue weighted by Crippen LogP contribution is 2.34. The van der Waals surface area contributed by atoms with Crippen molar-refractivity contribution in [1.29, 1.82) is 0 Å². The van der Waals surface area contributed by atoms with E-state index in [1.807, 2.05) is 6.07 Å². The number of hydrogen-bond donors (Lipinski definition) is 1. The predicted octanol–water partition coefficient (Wildman–Crippen LogP) is 3.62. The molecular formula is C26H23FNO6-. The van der Waals surface area contributed by atoms with Crippen molar-refractivity contribution < 1.29 is 27.9 Å². The van der Waals surface area contributed by atoms with E-state index in [1.165, 1.54) is 12.1 Å². The summed E-state index contributed by atoms with van der Waals surface area (Å²) < 4.78 is 24.5. The number of aliphatic carboxylic acids is 1. The molecule has 176 valence electrons. The summed E-state index contributed by atoms with van der Waals surface area (Å²) in [7, 11) is 0. The van der Waals surface area contributed by atoms with Crippen LogP contribution in [-0.4, -0.2) is 18.4 Å². The molecule has 0 radical (unpaired) electrons. The number of carbonyl (C=O) groups is 2. The highest BCUT2D eigenvalue weighted by molar-refractivity contribution is 6.02. The average molecular weight is 464 g/mol. The monoisotopic (exact) mass is 464 g/mol. The minimum absolute atomic E-state index is 0.00190. The number of furan rings is 1. The maximum Gasteiger partial charge on any atom is 0.340 e. The molecule has 4 aromatic rings. The van der Waals surface area contributed by atoms with Crippen LogP contribution in [0.15, 0.2) is 56.3 Å². The largest absolute Gasteiger partial charge is 0.550 e. The Balaban J connectivity index is 1.56. The van der Waals surface area contributed by atoms with Gasteiger partial charge in [-0.25, -0.2) is 9.18 Å². The first-order valence-corrected chi connectivity index (χ1v) is 11.0. The van der Waals surface area contributed by atoms with E-state index in [0.717, 1.165) is 16.5 Å². The van der Waals surface area contributed by atoms with E-state index in [9.17, 15) is 23.9 Å². The molecule has 0 saturated carbocycles. The van der Waals surface area contributed by atoms with Gasteiger partial charge in [-0.3, -0.25) is 4.79 Å². The molecule has 1 N–H and O–H groups in total. The van der Waals surface area contributed by atoms with E-state index in [4.69, 9.17) is 8.83 Å². The number of carboxylic acids is 1. The van der Waals surface area contributed by atoms with Gasteiger partial charge >= 0.3 is 5.63 Å². The van der Waals surface area contributed by atoms with Gasteiger partial charge in [0.2, 0.25) is 5.91 Å². The lowest BCUT2D eigenvalue weighted by atomic mass is 9.99. The van der Waals surface area contributed by atoms with Gasteiger partial charge in [0.25, 0.3) is 0 Å². The smallest absolute Gasteiger partial charge is 0.340 e. The number of carbonyl (C=O) groups excluding carboxylic acids is 2. The zero-order valence-corrected chi connectivity index (χ0v) is 18.6. The van der Waals surface area contributed by atoms with Gasteiger partial charge in [-0.2, -0.15) is 0 Å². The fraction of sp³-hybridized carbons (Fsp3) is 0.269. The molecule has 4 rings (SSSR count). The first-order valence-electron chi connectivity index (χ1n) is 11.0. The van der Waals surface area contributed by atoms with Gasteiger partial charge in [-0.15, -0.1) is 0 Å². The van der Waals surface area contributed by atoms with Crippen LogP contribution in [-0.2, 0) is 16.0 Å². The number of unbranched alkanes of at least 4 members (excludes halogenated alkanes) is 2. The molecule has 0 aliphatic rings. The number of hydrogen-bond acceptors (Lipinski definition) is 6. The molecule has 7 nitrogen and oxygen atoms in total. The molecule has 2 heterocycles. The predicted molar refractivity (Wildman–Crippen MR) is 123 cm³/mol. The van der Waals surface area contributed by atoms with E-state index in [2.05, 4.69) is 5.32 Å². The third-order valence-electron chi connectivity index (χ3n) is 5.85. The van der Waals surface area contributed by atoms with Crippen LogP contribution in [0.4, 0.5) is 4.39 Å². The van der Waals surface area contributed by atoms with E-state index in [0.29, 0.717) is 47.9 Å². The van der Waals surface area contributed by atoms with Crippen LogP contribution in [0.1, 0.15) is 36.8 Å². The Labute approximate surface area is 194 Å². The van der Waals surface area contributed by atoms with Crippen molar-refractivity contribution in [2.75, 3.05) is 6.54 Å². The zero-order valence-electron chi connectivity index (χ0n) is 18.6. The lowest BCUT2D eigenvalue weighted by Crippen LogP contribution is -2.28. The van der Waals surface area contributed by atoms with Gasteiger partial charge in [0.05, 0.1) is 18.2 Å². The number of aryl methyl sites for hydroxylation is 1. The van der Waals surface area contributed by atoms with Gasteiger partial charge < -0.3 is 24.1 Å².